The topological polar surface area (TPSA) is 52.1 Å². The first-order valence-electron chi connectivity index (χ1n) is 8.11. The summed E-state index contributed by atoms with van der Waals surface area (Å²) >= 11 is 0. The Labute approximate surface area is 153 Å². The first-order chi connectivity index (χ1) is 10.2. The van der Waals surface area contributed by atoms with Gasteiger partial charge in [0, 0.05) is 59.0 Å². The van der Waals surface area contributed by atoms with Crippen molar-refractivity contribution in [3.8, 4) is 0 Å². The Morgan fingerprint density at radius 3 is 2.50 bits per heavy atom. The molecule has 1 aliphatic rings. The van der Waals surface area contributed by atoms with Crippen LogP contribution in [0.5, 0.6) is 0 Å². The molecule has 0 radical (unpaired) electrons. The van der Waals surface area contributed by atoms with Crippen LogP contribution >= 0.6 is 24.0 Å². The Morgan fingerprint density at radius 2 is 1.91 bits per heavy atom. The summed E-state index contributed by atoms with van der Waals surface area (Å²) < 4.78 is 5.06. The van der Waals surface area contributed by atoms with E-state index < -0.39 is 0 Å². The number of hydrogen-bond acceptors (Lipinski definition) is 4. The van der Waals surface area contributed by atoms with Gasteiger partial charge in [0.25, 0.3) is 0 Å². The number of hydrogen-bond donors (Lipinski definition) is 2. The fourth-order valence-electron chi connectivity index (χ4n) is 2.37. The largest absolute Gasteiger partial charge is 0.385 e. The SMILES string of the molecule is CCNC(=NCC(C)N1CCN(C)CC1)NCCCOC.I. The van der Waals surface area contributed by atoms with E-state index in [1.807, 2.05) is 0 Å². The first kappa shape index (κ1) is 21.9. The molecule has 1 saturated heterocycles. The zero-order valence-corrected chi connectivity index (χ0v) is 16.9. The maximum atomic E-state index is 5.06. The third-order valence-corrected chi connectivity index (χ3v) is 3.84. The molecule has 1 aliphatic heterocycles. The van der Waals surface area contributed by atoms with Gasteiger partial charge in [-0.1, -0.05) is 0 Å². The third kappa shape index (κ3) is 9.12. The summed E-state index contributed by atoms with van der Waals surface area (Å²) in [6.07, 6.45) is 0.995. The van der Waals surface area contributed by atoms with E-state index in [1.165, 1.54) is 0 Å². The highest BCUT2D eigenvalue weighted by atomic mass is 127. The molecule has 1 fully saturated rings. The molecule has 0 aliphatic carbocycles. The Hall–Kier alpha value is -0.120. The molecule has 0 bridgehead atoms. The van der Waals surface area contributed by atoms with E-state index in [1.54, 1.807) is 7.11 Å². The van der Waals surface area contributed by atoms with Crippen molar-refractivity contribution in [1.82, 2.24) is 20.4 Å². The first-order valence-corrected chi connectivity index (χ1v) is 8.11. The molecule has 0 saturated carbocycles. The van der Waals surface area contributed by atoms with Crippen molar-refractivity contribution < 1.29 is 4.74 Å². The van der Waals surface area contributed by atoms with Crippen LogP contribution in [-0.2, 0) is 4.74 Å². The summed E-state index contributed by atoms with van der Waals surface area (Å²) in [4.78, 5) is 9.61. The lowest BCUT2D eigenvalue weighted by molar-refractivity contribution is 0.122. The number of piperazine rings is 1. The smallest absolute Gasteiger partial charge is 0.191 e. The van der Waals surface area contributed by atoms with Gasteiger partial charge < -0.3 is 20.3 Å². The van der Waals surface area contributed by atoms with Crippen LogP contribution in [0.1, 0.15) is 20.3 Å². The minimum absolute atomic E-state index is 0. The van der Waals surface area contributed by atoms with Gasteiger partial charge in [-0.15, -0.1) is 24.0 Å². The van der Waals surface area contributed by atoms with Crippen molar-refractivity contribution in [3.63, 3.8) is 0 Å². The maximum Gasteiger partial charge on any atom is 0.191 e. The van der Waals surface area contributed by atoms with E-state index in [4.69, 9.17) is 9.73 Å². The summed E-state index contributed by atoms with van der Waals surface area (Å²) in [5.41, 5.74) is 0. The van der Waals surface area contributed by atoms with Gasteiger partial charge >= 0.3 is 0 Å². The van der Waals surface area contributed by atoms with Crippen LogP contribution in [0.25, 0.3) is 0 Å². The molecule has 0 spiro atoms. The molecule has 1 unspecified atom stereocenters. The number of aliphatic imine (C=N–C) groups is 1. The number of nitrogens with one attached hydrogen (secondary N) is 2. The fourth-order valence-corrected chi connectivity index (χ4v) is 2.37. The quantitative estimate of drug-likeness (QED) is 0.260. The van der Waals surface area contributed by atoms with Gasteiger partial charge in [-0.05, 0) is 27.3 Å². The van der Waals surface area contributed by atoms with Crippen molar-refractivity contribution in [2.45, 2.75) is 26.3 Å². The molecular weight excluding hydrogens is 393 g/mol. The highest BCUT2D eigenvalue weighted by Gasteiger charge is 2.18. The van der Waals surface area contributed by atoms with Crippen molar-refractivity contribution in [2.24, 2.45) is 4.99 Å². The number of nitrogens with zero attached hydrogens (tertiary/aromatic N) is 3. The van der Waals surface area contributed by atoms with Gasteiger partial charge in [0.2, 0.25) is 0 Å². The molecule has 0 aromatic heterocycles. The van der Waals surface area contributed by atoms with Crippen molar-refractivity contribution >= 4 is 29.9 Å². The second kappa shape index (κ2) is 13.3. The maximum absolute atomic E-state index is 5.06. The van der Waals surface area contributed by atoms with E-state index in [0.29, 0.717) is 6.04 Å². The van der Waals surface area contributed by atoms with Crippen LogP contribution in [0.3, 0.4) is 0 Å². The van der Waals surface area contributed by atoms with E-state index in [2.05, 4.69) is 41.3 Å². The highest BCUT2D eigenvalue weighted by molar-refractivity contribution is 14.0. The monoisotopic (exact) mass is 427 g/mol. The van der Waals surface area contributed by atoms with Crippen LogP contribution in [0, 0.1) is 0 Å². The van der Waals surface area contributed by atoms with Crippen molar-refractivity contribution in [1.29, 1.82) is 0 Å². The molecule has 6 nitrogen and oxygen atoms in total. The standard InChI is InChI=1S/C15H33N5O.HI/c1-5-16-15(17-7-6-12-21-4)18-13-14(2)20-10-8-19(3)9-11-20;/h14H,5-13H2,1-4H3,(H2,16,17,18);1H. The average molecular weight is 427 g/mol. The van der Waals surface area contributed by atoms with Crippen LogP contribution < -0.4 is 10.6 Å². The Morgan fingerprint density at radius 1 is 1.23 bits per heavy atom. The van der Waals surface area contributed by atoms with E-state index >= 15 is 0 Å². The molecule has 0 aromatic rings. The number of rotatable bonds is 8. The molecule has 132 valence electrons. The summed E-state index contributed by atoms with van der Waals surface area (Å²) in [5, 5.41) is 6.65. The van der Waals surface area contributed by atoms with Crippen molar-refractivity contribution in [3.05, 3.63) is 0 Å². The van der Waals surface area contributed by atoms with Crippen LogP contribution in [0.15, 0.2) is 4.99 Å². The summed E-state index contributed by atoms with van der Waals surface area (Å²) in [7, 11) is 3.92. The Balaban J connectivity index is 0.00000441. The zero-order valence-electron chi connectivity index (χ0n) is 14.6. The van der Waals surface area contributed by atoms with Gasteiger partial charge in [-0.2, -0.15) is 0 Å². The van der Waals surface area contributed by atoms with E-state index in [-0.39, 0.29) is 24.0 Å². The second-order valence-corrected chi connectivity index (χ2v) is 5.68. The number of halogens is 1. The fraction of sp³-hybridized carbons (Fsp3) is 0.933. The average Bonchev–Trinajstić information content (AvgIpc) is 2.49. The summed E-state index contributed by atoms with van der Waals surface area (Å²) in [5.74, 6) is 0.912. The number of likely N-dealkylation sites (N-methyl/N-ethyl adjacent to an activating group) is 1. The highest BCUT2D eigenvalue weighted by Crippen LogP contribution is 2.05. The summed E-state index contributed by atoms with van der Waals surface area (Å²) in [6.45, 7) is 12.4. The molecule has 7 heteroatoms. The Kier molecular flexibility index (Phi) is 13.3. The van der Waals surface area contributed by atoms with Crippen LogP contribution in [-0.4, -0.2) is 88.4 Å². The van der Waals surface area contributed by atoms with E-state index in [0.717, 1.165) is 64.8 Å². The molecule has 2 N–H and O–H groups in total. The van der Waals surface area contributed by atoms with Gasteiger partial charge in [-0.3, -0.25) is 9.89 Å². The predicted octanol–water partition coefficient (Wildman–Crippen LogP) is 0.832. The van der Waals surface area contributed by atoms with Gasteiger partial charge in [0.1, 0.15) is 0 Å². The molecule has 1 rings (SSSR count). The van der Waals surface area contributed by atoms with Gasteiger partial charge in [0.15, 0.2) is 5.96 Å². The third-order valence-electron chi connectivity index (χ3n) is 3.84. The molecule has 1 heterocycles. The lowest BCUT2D eigenvalue weighted by atomic mass is 10.2. The van der Waals surface area contributed by atoms with Crippen LogP contribution in [0.4, 0.5) is 0 Å². The minimum Gasteiger partial charge on any atom is -0.385 e. The number of guanidine groups is 1. The van der Waals surface area contributed by atoms with Crippen LogP contribution in [0.2, 0.25) is 0 Å². The second-order valence-electron chi connectivity index (χ2n) is 5.68. The van der Waals surface area contributed by atoms with Gasteiger partial charge in [0.05, 0.1) is 6.54 Å². The molecular formula is C15H34IN5O. The molecule has 0 aromatic carbocycles. The lowest BCUT2D eigenvalue weighted by Crippen LogP contribution is -2.49. The minimum atomic E-state index is 0. The molecule has 1 atom stereocenters. The zero-order chi connectivity index (χ0) is 15.5. The lowest BCUT2D eigenvalue weighted by Gasteiger charge is -2.35. The molecule has 0 amide bonds. The Bertz CT molecular complexity index is 296. The molecule has 22 heavy (non-hydrogen) atoms. The number of ether oxygens (including phenoxy) is 1. The normalized spacial score (nSPS) is 18.6. The predicted molar refractivity (Wildman–Crippen MR) is 104 cm³/mol. The van der Waals surface area contributed by atoms with Gasteiger partial charge in [-0.25, -0.2) is 0 Å². The number of methoxy groups -OCH3 is 1. The van der Waals surface area contributed by atoms with Crippen molar-refractivity contribution in [2.75, 3.05) is 66.6 Å². The van der Waals surface area contributed by atoms with E-state index in [9.17, 15) is 0 Å². The summed E-state index contributed by atoms with van der Waals surface area (Å²) in [6, 6.07) is 0.494.